The molecule has 0 saturated heterocycles. The number of aliphatic hydroxyl groups is 1. The number of rotatable bonds is 6. The van der Waals surface area contributed by atoms with Crippen LogP contribution < -0.4 is 0 Å². The third-order valence-corrected chi connectivity index (χ3v) is 2.42. The van der Waals surface area contributed by atoms with Gasteiger partial charge in [-0.05, 0) is 30.9 Å². The standard InChI is InChI=1S/C13H16F2O/c1-2-3-4-5-12(16)8-10-6-7-11(14)9-13(10)15/h2,6-7,9,12,16H,1,3-5,8H2. The molecule has 1 N–H and O–H groups in total. The van der Waals surface area contributed by atoms with E-state index in [1.54, 1.807) is 6.08 Å². The molecule has 1 aromatic carbocycles. The number of aliphatic hydroxyl groups excluding tert-OH is 1. The van der Waals surface area contributed by atoms with Crippen LogP contribution in [-0.4, -0.2) is 11.2 Å². The smallest absolute Gasteiger partial charge is 0.129 e. The molecule has 1 unspecified atom stereocenters. The Hall–Kier alpha value is -1.22. The maximum absolute atomic E-state index is 13.2. The Morgan fingerprint density at radius 2 is 2.12 bits per heavy atom. The Morgan fingerprint density at radius 1 is 1.38 bits per heavy atom. The minimum Gasteiger partial charge on any atom is -0.393 e. The number of hydrogen-bond donors (Lipinski definition) is 1. The first kappa shape index (κ1) is 12.8. The first-order chi connectivity index (χ1) is 7.63. The van der Waals surface area contributed by atoms with Crippen LogP contribution >= 0.6 is 0 Å². The van der Waals surface area contributed by atoms with Crippen LogP contribution in [0, 0.1) is 11.6 Å². The maximum atomic E-state index is 13.2. The number of hydrogen-bond acceptors (Lipinski definition) is 1. The quantitative estimate of drug-likeness (QED) is 0.583. The van der Waals surface area contributed by atoms with Crippen molar-refractivity contribution in [1.82, 2.24) is 0 Å². The van der Waals surface area contributed by atoms with Gasteiger partial charge in [-0.15, -0.1) is 6.58 Å². The van der Waals surface area contributed by atoms with Crippen molar-refractivity contribution >= 4 is 0 Å². The predicted molar refractivity (Wildman–Crippen MR) is 60.1 cm³/mol. The van der Waals surface area contributed by atoms with Crippen LogP contribution in [0.1, 0.15) is 24.8 Å². The van der Waals surface area contributed by atoms with E-state index in [1.807, 2.05) is 0 Å². The third kappa shape index (κ3) is 4.11. The van der Waals surface area contributed by atoms with Crippen molar-refractivity contribution in [3.05, 3.63) is 48.1 Å². The molecule has 0 radical (unpaired) electrons. The molecule has 1 rings (SSSR count). The molecule has 88 valence electrons. The van der Waals surface area contributed by atoms with E-state index in [9.17, 15) is 13.9 Å². The van der Waals surface area contributed by atoms with Gasteiger partial charge in [0.15, 0.2) is 0 Å². The zero-order valence-electron chi connectivity index (χ0n) is 9.13. The van der Waals surface area contributed by atoms with Gasteiger partial charge in [0.25, 0.3) is 0 Å². The Bertz CT molecular complexity index is 350. The van der Waals surface area contributed by atoms with E-state index in [2.05, 4.69) is 6.58 Å². The highest BCUT2D eigenvalue weighted by Crippen LogP contribution is 2.14. The van der Waals surface area contributed by atoms with Crippen LogP contribution in [0.4, 0.5) is 8.78 Å². The molecule has 0 saturated carbocycles. The zero-order valence-corrected chi connectivity index (χ0v) is 9.13. The molecule has 0 aliphatic rings. The first-order valence-corrected chi connectivity index (χ1v) is 5.36. The molecule has 0 aromatic heterocycles. The van der Waals surface area contributed by atoms with Crippen LogP contribution in [0.25, 0.3) is 0 Å². The van der Waals surface area contributed by atoms with Crippen LogP contribution in [0.2, 0.25) is 0 Å². The van der Waals surface area contributed by atoms with Crippen molar-refractivity contribution in [2.24, 2.45) is 0 Å². The second-order valence-electron chi connectivity index (χ2n) is 3.81. The van der Waals surface area contributed by atoms with Crippen LogP contribution in [0.15, 0.2) is 30.9 Å². The lowest BCUT2D eigenvalue weighted by molar-refractivity contribution is 0.161. The molecule has 0 aliphatic carbocycles. The van der Waals surface area contributed by atoms with Gasteiger partial charge in [-0.25, -0.2) is 8.78 Å². The summed E-state index contributed by atoms with van der Waals surface area (Å²) in [6.07, 6.45) is 3.69. The summed E-state index contributed by atoms with van der Waals surface area (Å²) < 4.78 is 25.9. The Labute approximate surface area is 94.4 Å². The molecule has 0 amide bonds. The lowest BCUT2D eigenvalue weighted by atomic mass is 10.0. The van der Waals surface area contributed by atoms with Crippen LogP contribution in [-0.2, 0) is 6.42 Å². The molecule has 0 aliphatic heterocycles. The lowest BCUT2D eigenvalue weighted by Crippen LogP contribution is -2.11. The summed E-state index contributed by atoms with van der Waals surface area (Å²) in [7, 11) is 0. The molecule has 1 atom stereocenters. The van der Waals surface area contributed by atoms with Gasteiger partial charge >= 0.3 is 0 Å². The topological polar surface area (TPSA) is 20.2 Å². The highest BCUT2D eigenvalue weighted by Gasteiger charge is 2.09. The minimum atomic E-state index is -0.595. The van der Waals surface area contributed by atoms with E-state index < -0.39 is 17.7 Å². The van der Waals surface area contributed by atoms with Gasteiger partial charge in [0.1, 0.15) is 11.6 Å². The summed E-state index contributed by atoms with van der Waals surface area (Å²) in [4.78, 5) is 0. The summed E-state index contributed by atoms with van der Waals surface area (Å²) in [6.45, 7) is 3.58. The summed E-state index contributed by atoms with van der Waals surface area (Å²) in [6, 6.07) is 3.42. The van der Waals surface area contributed by atoms with E-state index >= 15 is 0 Å². The van der Waals surface area contributed by atoms with Crippen molar-refractivity contribution in [2.45, 2.75) is 31.8 Å². The predicted octanol–water partition coefficient (Wildman–Crippen LogP) is 3.22. The molecule has 0 fully saturated rings. The molecule has 1 nitrogen and oxygen atoms in total. The highest BCUT2D eigenvalue weighted by molar-refractivity contribution is 5.19. The van der Waals surface area contributed by atoms with Crippen molar-refractivity contribution in [2.75, 3.05) is 0 Å². The number of allylic oxidation sites excluding steroid dienone is 1. The summed E-state index contributed by atoms with van der Waals surface area (Å²) >= 11 is 0. The van der Waals surface area contributed by atoms with Gasteiger partial charge in [-0.1, -0.05) is 12.1 Å². The summed E-state index contributed by atoms with van der Waals surface area (Å²) in [5, 5.41) is 9.63. The van der Waals surface area contributed by atoms with Crippen LogP contribution in [0.3, 0.4) is 0 Å². The average Bonchev–Trinajstić information content (AvgIpc) is 2.23. The minimum absolute atomic E-state index is 0.225. The fourth-order valence-corrected chi connectivity index (χ4v) is 1.54. The van der Waals surface area contributed by atoms with Gasteiger partial charge in [0.05, 0.1) is 6.10 Å². The molecule has 3 heteroatoms. The van der Waals surface area contributed by atoms with Gasteiger partial charge < -0.3 is 5.11 Å². The van der Waals surface area contributed by atoms with E-state index in [0.717, 1.165) is 18.9 Å². The highest BCUT2D eigenvalue weighted by atomic mass is 19.1. The second-order valence-corrected chi connectivity index (χ2v) is 3.81. The van der Waals surface area contributed by atoms with Gasteiger partial charge in [0, 0.05) is 12.5 Å². The Morgan fingerprint density at radius 3 is 2.75 bits per heavy atom. The zero-order chi connectivity index (χ0) is 12.0. The number of halogens is 2. The Kier molecular flexibility index (Phi) is 5.12. The number of benzene rings is 1. The van der Waals surface area contributed by atoms with Crippen molar-refractivity contribution in [3.8, 4) is 0 Å². The fourth-order valence-electron chi connectivity index (χ4n) is 1.54. The normalized spacial score (nSPS) is 12.4. The van der Waals surface area contributed by atoms with Crippen molar-refractivity contribution in [1.29, 1.82) is 0 Å². The molecular weight excluding hydrogens is 210 g/mol. The SMILES string of the molecule is C=CCCCC(O)Cc1ccc(F)cc1F. The monoisotopic (exact) mass is 226 g/mol. The lowest BCUT2D eigenvalue weighted by Gasteiger charge is -2.10. The molecule has 0 spiro atoms. The van der Waals surface area contributed by atoms with Gasteiger partial charge in [0.2, 0.25) is 0 Å². The molecule has 1 aromatic rings. The maximum Gasteiger partial charge on any atom is 0.129 e. The summed E-state index contributed by atoms with van der Waals surface area (Å²) in [5.41, 5.74) is 0.354. The Balaban J connectivity index is 2.49. The third-order valence-electron chi connectivity index (χ3n) is 2.42. The van der Waals surface area contributed by atoms with E-state index in [-0.39, 0.29) is 6.42 Å². The first-order valence-electron chi connectivity index (χ1n) is 5.36. The van der Waals surface area contributed by atoms with E-state index in [0.29, 0.717) is 12.0 Å². The van der Waals surface area contributed by atoms with Gasteiger partial charge in [-0.2, -0.15) is 0 Å². The average molecular weight is 226 g/mol. The van der Waals surface area contributed by atoms with Gasteiger partial charge in [-0.3, -0.25) is 0 Å². The summed E-state index contributed by atoms with van der Waals surface area (Å²) in [5.74, 6) is -1.19. The molecular formula is C13H16F2O. The number of unbranched alkanes of at least 4 members (excludes halogenated alkanes) is 1. The van der Waals surface area contributed by atoms with E-state index in [4.69, 9.17) is 0 Å². The second kappa shape index (κ2) is 6.38. The van der Waals surface area contributed by atoms with E-state index in [1.165, 1.54) is 12.1 Å². The largest absolute Gasteiger partial charge is 0.393 e. The molecule has 16 heavy (non-hydrogen) atoms. The van der Waals surface area contributed by atoms with Crippen molar-refractivity contribution < 1.29 is 13.9 Å². The van der Waals surface area contributed by atoms with Crippen molar-refractivity contribution in [3.63, 3.8) is 0 Å². The van der Waals surface area contributed by atoms with Crippen LogP contribution in [0.5, 0.6) is 0 Å². The molecule has 0 heterocycles. The molecule has 0 bridgehead atoms. The fraction of sp³-hybridized carbons (Fsp3) is 0.385.